The van der Waals surface area contributed by atoms with Crippen molar-refractivity contribution in [3.63, 3.8) is 0 Å². The van der Waals surface area contributed by atoms with Gasteiger partial charge in [-0.3, -0.25) is 4.57 Å². The molecule has 0 amide bonds. The highest BCUT2D eigenvalue weighted by molar-refractivity contribution is 5.67. The Morgan fingerprint density at radius 1 is 1.28 bits per heavy atom. The fraction of sp³-hybridized carbons (Fsp3) is 0.409. The quantitative estimate of drug-likeness (QED) is 0.585. The van der Waals surface area contributed by atoms with Crippen molar-refractivity contribution < 1.29 is 14.2 Å². The molecular weight excluding hydrogens is 370 g/mol. The summed E-state index contributed by atoms with van der Waals surface area (Å²) < 4.78 is 18.3. The molecule has 0 spiro atoms. The standard InChI is InChI=1S/C22H21N3O4/c23-8-3-1-2-4-16-5-6-19-17(12-16)7-9-25-20(19)13-21(24-22(25)26)29-15-18-14-27-10-11-28-18/h5-6,12-13,18H,1,3,7,9-11,14-15H2. The number of fused-ring (bicyclic) bond motifs is 3. The minimum atomic E-state index is -0.315. The summed E-state index contributed by atoms with van der Waals surface area (Å²) in [6.45, 7) is 2.48. The Morgan fingerprint density at radius 2 is 2.21 bits per heavy atom. The highest BCUT2D eigenvalue weighted by atomic mass is 16.6. The first kappa shape index (κ1) is 19.2. The lowest BCUT2D eigenvalue weighted by molar-refractivity contribution is -0.102. The van der Waals surface area contributed by atoms with E-state index in [4.69, 9.17) is 19.5 Å². The molecule has 1 unspecified atom stereocenters. The van der Waals surface area contributed by atoms with Crippen LogP contribution < -0.4 is 10.4 Å². The van der Waals surface area contributed by atoms with Gasteiger partial charge in [0.2, 0.25) is 5.88 Å². The summed E-state index contributed by atoms with van der Waals surface area (Å²) in [7, 11) is 0. The third-order valence-electron chi connectivity index (χ3n) is 4.87. The van der Waals surface area contributed by atoms with Crippen molar-refractivity contribution in [3.8, 4) is 35.0 Å². The Labute approximate surface area is 168 Å². The third kappa shape index (κ3) is 4.48. The van der Waals surface area contributed by atoms with Gasteiger partial charge < -0.3 is 14.2 Å². The van der Waals surface area contributed by atoms with Gasteiger partial charge in [-0.2, -0.15) is 10.2 Å². The van der Waals surface area contributed by atoms with Crippen molar-refractivity contribution >= 4 is 0 Å². The largest absolute Gasteiger partial charge is 0.475 e. The minimum absolute atomic E-state index is 0.154. The van der Waals surface area contributed by atoms with Crippen LogP contribution in [-0.4, -0.2) is 42.1 Å². The van der Waals surface area contributed by atoms with Crippen molar-refractivity contribution in [1.29, 1.82) is 5.26 Å². The molecule has 3 heterocycles. The summed E-state index contributed by atoms with van der Waals surface area (Å²) >= 11 is 0. The summed E-state index contributed by atoms with van der Waals surface area (Å²) in [6.07, 6.45) is 1.58. The lowest BCUT2D eigenvalue weighted by atomic mass is 9.95. The van der Waals surface area contributed by atoms with Crippen molar-refractivity contribution in [1.82, 2.24) is 9.55 Å². The maximum Gasteiger partial charge on any atom is 0.351 e. The van der Waals surface area contributed by atoms with Gasteiger partial charge in [0.05, 0.1) is 31.6 Å². The average Bonchev–Trinajstić information content (AvgIpc) is 2.76. The number of hydrogen-bond donors (Lipinski definition) is 0. The molecule has 29 heavy (non-hydrogen) atoms. The molecule has 0 bridgehead atoms. The molecule has 1 atom stereocenters. The third-order valence-corrected chi connectivity index (χ3v) is 4.87. The van der Waals surface area contributed by atoms with E-state index in [0.29, 0.717) is 51.7 Å². The van der Waals surface area contributed by atoms with Crippen LogP contribution in [0, 0.1) is 23.2 Å². The second kappa shape index (κ2) is 8.91. The van der Waals surface area contributed by atoms with E-state index in [0.717, 1.165) is 28.8 Å². The molecule has 4 rings (SSSR count). The molecule has 2 aromatic rings. The molecule has 0 N–H and O–H groups in total. The first-order valence-electron chi connectivity index (χ1n) is 9.68. The maximum absolute atomic E-state index is 12.5. The fourth-order valence-electron chi connectivity index (χ4n) is 3.45. The molecule has 0 aliphatic carbocycles. The summed E-state index contributed by atoms with van der Waals surface area (Å²) in [6, 6.07) is 9.87. The Hall–Kier alpha value is -3.13. The van der Waals surface area contributed by atoms with E-state index in [1.165, 1.54) is 0 Å². The van der Waals surface area contributed by atoms with Gasteiger partial charge in [-0.05, 0) is 24.1 Å². The minimum Gasteiger partial charge on any atom is -0.475 e. The Balaban J connectivity index is 1.56. The Kier molecular flexibility index (Phi) is 5.90. The zero-order chi connectivity index (χ0) is 20.1. The van der Waals surface area contributed by atoms with Gasteiger partial charge in [-0.25, -0.2) is 4.79 Å². The van der Waals surface area contributed by atoms with Crippen molar-refractivity contribution in [2.75, 3.05) is 26.4 Å². The predicted octanol–water partition coefficient (Wildman–Crippen LogP) is 1.92. The number of ether oxygens (including phenoxy) is 3. The number of nitrogens with zero attached hydrogens (tertiary/aromatic N) is 3. The van der Waals surface area contributed by atoms with Gasteiger partial charge >= 0.3 is 5.69 Å². The highest BCUT2D eigenvalue weighted by Gasteiger charge is 2.20. The zero-order valence-electron chi connectivity index (χ0n) is 16.0. The molecule has 1 fully saturated rings. The van der Waals surface area contributed by atoms with Gasteiger partial charge in [0.25, 0.3) is 0 Å². The normalized spacial score (nSPS) is 17.3. The molecule has 1 saturated heterocycles. The van der Waals surface area contributed by atoms with E-state index < -0.39 is 0 Å². The summed E-state index contributed by atoms with van der Waals surface area (Å²) in [5, 5.41) is 8.60. The Morgan fingerprint density at radius 3 is 3.03 bits per heavy atom. The number of nitriles is 1. The molecule has 2 aliphatic rings. The summed E-state index contributed by atoms with van der Waals surface area (Å²) in [4.78, 5) is 16.5. The van der Waals surface area contributed by atoms with Gasteiger partial charge in [0.1, 0.15) is 12.7 Å². The first-order valence-corrected chi connectivity index (χ1v) is 9.68. The van der Waals surface area contributed by atoms with Gasteiger partial charge in [0.15, 0.2) is 0 Å². The van der Waals surface area contributed by atoms with Gasteiger partial charge in [-0.15, -0.1) is 0 Å². The smallest absolute Gasteiger partial charge is 0.351 e. The van der Waals surface area contributed by atoms with Crippen LogP contribution >= 0.6 is 0 Å². The predicted molar refractivity (Wildman–Crippen MR) is 105 cm³/mol. The van der Waals surface area contributed by atoms with E-state index in [9.17, 15) is 4.79 Å². The number of rotatable bonds is 4. The molecule has 148 valence electrons. The van der Waals surface area contributed by atoms with Crippen LogP contribution in [0.25, 0.3) is 11.3 Å². The van der Waals surface area contributed by atoms with E-state index in [-0.39, 0.29) is 11.8 Å². The van der Waals surface area contributed by atoms with Crippen LogP contribution in [0.3, 0.4) is 0 Å². The van der Waals surface area contributed by atoms with Gasteiger partial charge in [0, 0.05) is 36.6 Å². The second-order valence-corrected chi connectivity index (χ2v) is 6.87. The van der Waals surface area contributed by atoms with Crippen LogP contribution in [0.1, 0.15) is 24.0 Å². The highest BCUT2D eigenvalue weighted by Crippen LogP contribution is 2.30. The van der Waals surface area contributed by atoms with E-state index >= 15 is 0 Å². The lowest BCUT2D eigenvalue weighted by Crippen LogP contribution is -2.34. The molecular formula is C22H21N3O4. The summed E-state index contributed by atoms with van der Waals surface area (Å²) in [5.41, 5.74) is 3.52. The van der Waals surface area contributed by atoms with Crippen molar-refractivity contribution in [2.45, 2.75) is 31.9 Å². The second-order valence-electron chi connectivity index (χ2n) is 6.87. The molecule has 7 nitrogen and oxygen atoms in total. The molecule has 1 aromatic carbocycles. The zero-order valence-corrected chi connectivity index (χ0v) is 16.0. The van der Waals surface area contributed by atoms with Crippen LogP contribution in [0.5, 0.6) is 5.88 Å². The fourth-order valence-corrected chi connectivity index (χ4v) is 3.45. The molecule has 0 radical (unpaired) electrons. The van der Waals surface area contributed by atoms with Crippen LogP contribution in [-0.2, 0) is 22.4 Å². The topological polar surface area (TPSA) is 86.4 Å². The monoisotopic (exact) mass is 391 g/mol. The van der Waals surface area contributed by atoms with Crippen molar-refractivity contribution in [2.24, 2.45) is 0 Å². The number of benzene rings is 1. The van der Waals surface area contributed by atoms with Crippen LogP contribution in [0.15, 0.2) is 29.1 Å². The maximum atomic E-state index is 12.5. The number of aryl methyl sites for hydroxylation is 1. The lowest BCUT2D eigenvalue weighted by Gasteiger charge is -2.24. The van der Waals surface area contributed by atoms with E-state index in [2.05, 4.69) is 29.0 Å². The molecule has 7 heteroatoms. The number of aromatic nitrogens is 2. The molecule has 2 aliphatic heterocycles. The molecule has 0 saturated carbocycles. The van der Waals surface area contributed by atoms with Crippen molar-refractivity contribution in [3.05, 3.63) is 45.9 Å². The van der Waals surface area contributed by atoms with E-state index in [1.807, 2.05) is 12.1 Å². The van der Waals surface area contributed by atoms with Gasteiger partial charge in [-0.1, -0.05) is 17.9 Å². The SMILES string of the molecule is N#CCCC#Cc1ccc2c(c1)CCn1c-2cc(OCC2COCCO2)nc1=O. The number of unbranched alkanes of at least 4 members (excludes halogenated alkanes) is 1. The van der Waals surface area contributed by atoms with Crippen LogP contribution in [0.4, 0.5) is 0 Å². The Bertz CT molecular complexity index is 1050. The number of hydrogen-bond acceptors (Lipinski definition) is 6. The molecule has 1 aromatic heterocycles. The van der Waals surface area contributed by atoms with E-state index in [1.54, 1.807) is 10.6 Å². The summed E-state index contributed by atoms with van der Waals surface area (Å²) in [5.74, 6) is 6.41. The first-order chi connectivity index (χ1) is 14.2. The average molecular weight is 391 g/mol. The van der Waals surface area contributed by atoms with Crippen LogP contribution in [0.2, 0.25) is 0 Å².